The lowest BCUT2D eigenvalue weighted by Crippen LogP contribution is -1.96. The zero-order valence-electron chi connectivity index (χ0n) is 7.80. The number of nitrogens with two attached hydrogens (primary N) is 1. The summed E-state index contributed by atoms with van der Waals surface area (Å²) in [5.41, 5.74) is 5.93. The molecule has 0 amide bonds. The molecule has 0 bridgehead atoms. The van der Waals surface area contributed by atoms with Gasteiger partial charge in [0.1, 0.15) is 0 Å². The first kappa shape index (κ1) is 13.3. The average Bonchev–Trinajstić information content (AvgIpc) is 2.06. The molecule has 3 N–H and O–H groups in total. The van der Waals surface area contributed by atoms with Crippen LogP contribution in [0.2, 0.25) is 6.04 Å². The van der Waals surface area contributed by atoms with Gasteiger partial charge in [-0.15, -0.1) is 0 Å². The van der Waals surface area contributed by atoms with Crippen molar-refractivity contribution in [3.05, 3.63) is 0 Å². The van der Waals surface area contributed by atoms with Gasteiger partial charge in [-0.1, -0.05) is 18.1 Å². The van der Waals surface area contributed by atoms with Gasteiger partial charge >= 0.3 is 0 Å². The van der Waals surface area contributed by atoms with Crippen LogP contribution in [0, 0.1) is 0 Å². The van der Waals surface area contributed by atoms with Gasteiger partial charge in [0, 0.05) is 10.2 Å². The second-order valence-corrected chi connectivity index (χ2v) is 3.33. The first-order valence-electron chi connectivity index (χ1n) is 4.10. The van der Waals surface area contributed by atoms with Crippen molar-refractivity contribution in [2.45, 2.75) is 32.7 Å². The Labute approximate surface area is 72.1 Å². The third-order valence-corrected chi connectivity index (χ3v) is 1.95. The summed E-state index contributed by atoms with van der Waals surface area (Å²) in [6, 6.07) is 1.36. The Balaban J connectivity index is 0. The normalized spacial score (nSPS) is 10.6. The van der Waals surface area contributed by atoms with E-state index < -0.39 is 0 Å². The minimum Gasteiger partial charge on any atom is -0.411 e. The molecule has 0 atom stereocenters. The maximum absolute atomic E-state index is 7.92. The summed E-state index contributed by atoms with van der Waals surface area (Å²) < 4.78 is 0. The van der Waals surface area contributed by atoms with Crippen molar-refractivity contribution >= 4 is 16.0 Å². The van der Waals surface area contributed by atoms with Crippen molar-refractivity contribution in [1.29, 1.82) is 0 Å². The summed E-state index contributed by atoms with van der Waals surface area (Å²) in [4.78, 5) is 0. The summed E-state index contributed by atoms with van der Waals surface area (Å²) in [6.07, 6.45) is 2.06. The Morgan fingerprint density at radius 2 is 2.18 bits per heavy atom. The van der Waals surface area contributed by atoms with E-state index in [9.17, 15) is 0 Å². The lowest BCUT2D eigenvalue weighted by Gasteiger charge is -1.81. The molecule has 0 aromatic heterocycles. The predicted octanol–water partition coefficient (Wildman–Crippen LogP) is 0.365. The van der Waals surface area contributed by atoms with Crippen LogP contribution < -0.4 is 5.73 Å². The molecule has 0 aliphatic carbocycles. The Bertz CT molecular complexity index is 94.4. The fourth-order valence-corrected chi connectivity index (χ4v) is 0.683. The van der Waals surface area contributed by atoms with Crippen molar-refractivity contribution in [2.75, 3.05) is 6.54 Å². The second kappa shape index (κ2) is 12.3. The molecule has 0 heterocycles. The number of hydrogen-bond acceptors (Lipinski definition) is 3. The van der Waals surface area contributed by atoms with Crippen LogP contribution in [0.1, 0.15) is 26.7 Å². The zero-order valence-corrected chi connectivity index (χ0v) is 9.80. The fourth-order valence-electron chi connectivity index (χ4n) is 0.275. The molecule has 0 saturated heterocycles. The molecule has 0 aliphatic heterocycles. The van der Waals surface area contributed by atoms with E-state index in [4.69, 9.17) is 10.9 Å². The summed E-state index contributed by atoms with van der Waals surface area (Å²) >= 11 is 0. The highest BCUT2D eigenvalue weighted by Gasteiger charge is 1.77. The van der Waals surface area contributed by atoms with Crippen LogP contribution in [-0.4, -0.2) is 27.7 Å². The molecule has 0 aromatic rings. The molecule has 0 spiro atoms. The lowest BCUT2D eigenvalue weighted by atomic mass is 10.3. The zero-order chi connectivity index (χ0) is 9.11. The summed E-state index contributed by atoms with van der Waals surface area (Å²) in [7, 11) is 1.32. The Hall–Kier alpha value is -0.353. The highest BCUT2D eigenvalue weighted by Crippen LogP contribution is 1.78. The maximum atomic E-state index is 7.92. The molecule has 11 heavy (non-hydrogen) atoms. The minimum absolute atomic E-state index is 0.773. The standard InChI is InChI=1S/C4H9NO.C3H11NSi/c1-3-4(2)5-6;4-2-1-3-5/h6H,3H2,1-2H3;1-4H2,5H3/b5-4+;. The molecule has 0 unspecified atom stereocenters. The molecule has 0 rings (SSSR count). The number of hydrogen-bond donors (Lipinski definition) is 2. The SMILES string of the molecule is CC/C(C)=N/O.NCCC[SiH3]. The topological polar surface area (TPSA) is 58.6 Å². The Kier molecular flexibility index (Phi) is 14.9. The van der Waals surface area contributed by atoms with Crippen LogP contribution in [0.25, 0.3) is 0 Å². The van der Waals surface area contributed by atoms with E-state index in [0.717, 1.165) is 18.7 Å². The lowest BCUT2D eigenvalue weighted by molar-refractivity contribution is 0.317. The predicted molar refractivity (Wildman–Crippen MR) is 53.6 cm³/mol. The average molecular weight is 176 g/mol. The van der Waals surface area contributed by atoms with Crippen molar-refractivity contribution in [1.82, 2.24) is 0 Å². The van der Waals surface area contributed by atoms with Crippen LogP contribution in [0.5, 0.6) is 0 Å². The van der Waals surface area contributed by atoms with Gasteiger partial charge in [-0.05, 0) is 26.3 Å². The summed E-state index contributed by atoms with van der Waals surface area (Å²) in [5.74, 6) is 0. The summed E-state index contributed by atoms with van der Waals surface area (Å²) in [6.45, 7) is 4.60. The van der Waals surface area contributed by atoms with Gasteiger partial charge in [-0.3, -0.25) is 0 Å². The largest absolute Gasteiger partial charge is 0.411 e. The molecular formula is C7H20N2OSi. The third kappa shape index (κ3) is 17.7. The molecular weight excluding hydrogens is 156 g/mol. The van der Waals surface area contributed by atoms with Gasteiger partial charge < -0.3 is 10.9 Å². The molecule has 0 fully saturated rings. The van der Waals surface area contributed by atoms with Crippen molar-refractivity contribution < 1.29 is 5.21 Å². The highest BCUT2D eigenvalue weighted by atomic mass is 28.1. The van der Waals surface area contributed by atoms with Gasteiger partial charge in [0.15, 0.2) is 0 Å². The van der Waals surface area contributed by atoms with Gasteiger partial charge in [-0.25, -0.2) is 0 Å². The van der Waals surface area contributed by atoms with E-state index in [1.54, 1.807) is 6.92 Å². The van der Waals surface area contributed by atoms with E-state index in [2.05, 4.69) is 5.16 Å². The highest BCUT2D eigenvalue weighted by molar-refractivity contribution is 6.08. The van der Waals surface area contributed by atoms with Gasteiger partial charge in [0.2, 0.25) is 0 Å². The van der Waals surface area contributed by atoms with Gasteiger partial charge in [0.05, 0.1) is 5.71 Å². The third-order valence-electron chi connectivity index (χ3n) is 1.24. The van der Waals surface area contributed by atoms with Crippen molar-refractivity contribution in [3.8, 4) is 0 Å². The monoisotopic (exact) mass is 176 g/mol. The van der Waals surface area contributed by atoms with Gasteiger partial charge in [-0.2, -0.15) is 0 Å². The number of nitrogens with zero attached hydrogens (tertiary/aromatic N) is 1. The second-order valence-electron chi connectivity index (χ2n) is 2.33. The van der Waals surface area contributed by atoms with Crippen molar-refractivity contribution in [2.24, 2.45) is 10.9 Å². The minimum atomic E-state index is 0.773. The molecule has 68 valence electrons. The van der Waals surface area contributed by atoms with E-state index in [0.29, 0.717) is 0 Å². The van der Waals surface area contributed by atoms with Crippen molar-refractivity contribution in [3.63, 3.8) is 0 Å². The van der Waals surface area contributed by atoms with E-state index >= 15 is 0 Å². The van der Waals surface area contributed by atoms with Crippen LogP contribution in [0.15, 0.2) is 5.16 Å². The Morgan fingerprint density at radius 3 is 2.18 bits per heavy atom. The fraction of sp³-hybridized carbons (Fsp3) is 0.857. The van der Waals surface area contributed by atoms with Crippen LogP contribution in [0.4, 0.5) is 0 Å². The van der Waals surface area contributed by atoms with Crippen LogP contribution >= 0.6 is 0 Å². The molecule has 0 saturated carbocycles. The smallest absolute Gasteiger partial charge is 0.0537 e. The maximum Gasteiger partial charge on any atom is 0.0537 e. The Morgan fingerprint density at radius 1 is 1.64 bits per heavy atom. The summed E-state index contributed by atoms with van der Waals surface area (Å²) in [5, 5.41) is 10.8. The molecule has 0 aromatic carbocycles. The van der Waals surface area contributed by atoms with E-state index in [1.807, 2.05) is 6.92 Å². The van der Waals surface area contributed by atoms with Crippen LogP contribution in [0.3, 0.4) is 0 Å². The first-order chi connectivity index (χ1) is 5.22. The number of oxime groups is 1. The molecule has 0 radical (unpaired) electrons. The molecule has 3 nitrogen and oxygen atoms in total. The van der Waals surface area contributed by atoms with Gasteiger partial charge in [0.25, 0.3) is 0 Å². The van der Waals surface area contributed by atoms with E-state index in [1.165, 1.54) is 22.7 Å². The molecule has 4 heteroatoms. The quantitative estimate of drug-likeness (QED) is 0.282. The number of rotatable bonds is 3. The van der Waals surface area contributed by atoms with Crippen LogP contribution in [-0.2, 0) is 0 Å². The van der Waals surface area contributed by atoms with E-state index in [-0.39, 0.29) is 0 Å². The molecule has 0 aliphatic rings. The first-order valence-corrected chi connectivity index (χ1v) is 5.51.